The normalized spacial score (nSPS) is 20.5. The van der Waals surface area contributed by atoms with E-state index in [1.807, 2.05) is 35.8 Å². The molecule has 4 heterocycles. The molecule has 3 aromatic rings. The first kappa shape index (κ1) is 28.6. The lowest BCUT2D eigenvalue weighted by molar-refractivity contribution is -0.0199. The minimum Gasteiger partial charge on any atom is -0.490 e. The quantitative estimate of drug-likeness (QED) is 0.317. The molecule has 10 nitrogen and oxygen atoms in total. The summed E-state index contributed by atoms with van der Waals surface area (Å²) in [6.45, 7) is 6.01. The number of anilines is 2. The molecule has 2 aromatic carbocycles. The summed E-state index contributed by atoms with van der Waals surface area (Å²) in [4.78, 5) is 22.2. The summed E-state index contributed by atoms with van der Waals surface area (Å²) in [6.07, 6.45) is 2.45. The Kier molecular flexibility index (Phi) is 8.97. The van der Waals surface area contributed by atoms with E-state index in [9.17, 15) is 9.90 Å². The van der Waals surface area contributed by atoms with Crippen molar-refractivity contribution in [1.82, 2.24) is 9.88 Å². The van der Waals surface area contributed by atoms with Crippen molar-refractivity contribution in [1.29, 1.82) is 0 Å². The van der Waals surface area contributed by atoms with Gasteiger partial charge in [0.25, 0.3) is 0 Å². The van der Waals surface area contributed by atoms with Crippen molar-refractivity contribution in [3.8, 4) is 11.5 Å². The van der Waals surface area contributed by atoms with Crippen molar-refractivity contribution in [2.75, 3.05) is 69.4 Å². The van der Waals surface area contributed by atoms with Crippen LogP contribution in [0.2, 0.25) is 0 Å². The zero-order chi connectivity index (χ0) is 28.9. The second-order valence-electron chi connectivity index (χ2n) is 11.0. The third kappa shape index (κ3) is 6.58. The van der Waals surface area contributed by atoms with Crippen molar-refractivity contribution in [2.45, 2.75) is 37.6 Å². The Labute approximate surface area is 250 Å². The Balaban J connectivity index is 1.09. The van der Waals surface area contributed by atoms with Crippen LogP contribution in [0.4, 0.5) is 15.6 Å². The van der Waals surface area contributed by atoms with Crippen LogP contribution in [0, 0.1) is 0 Å². The lowest BCUT2D eigenvalue weighted by atomic mass is 9.87. The maximum absolute atomic E-state index is 11.8. The maximum atomic E-state index is 11.8. The molecule has 0 aliphatic carbocycles. The molecule has 3 aliphatic heterocycles. The first-order chi connectivity index (χ1) is 20.6. The number of carbonyl (C=O) groups is 1. The van der Waals surface area contributed by atoms with Gasteiger partial charge in [0.05, 0.1) is 44.6 Å². The molecule has 1 aromatic heterocycles. The Morgan fingerprint density at radius 2 is 2.00 bits per heavy atom. The highest BCUT2D eigenvalue weighted by Crippen LogP contribution is 2.35. The molecule has 1 amide bonds. The van der Waals surface area contributed by atoms with Crippen LogP contribution in [-0.2, 0) is 16.1 Å². The Morgan fingerprint density at radius 3 is 2.76 bits per heavy atom. The van der Waals surface area contributed by atoms with Gasteiger partial charge in [0.2, 0.25) is 0 Å². The molecule has 2 fully saturated rings. The number of likely N-dealkylation sites (tertiary alicyclic amines) is 1. The lowest BCUT2D eigenvalue weighted by Gasteiger charge is -2.39. The molecule has 0 spiro atoms. The first-order valence-corrected chi connectivity index (χ1v) is 15.5. The van der Waals surface area contributed by atoms with Crippen LogP contribution in [0.25, 0.3) is 0 Å². The average Bonchev–Trinajstić information content (AvgIpc) is 3.52. The number of carboxylic acid groups (broad SMARTS) is 1. The number of nitrogens with zero attached hydrogens (tertiary/aromatic N) is 4. The summed E-state index contributed by atoms with van der Waals surface area (Å²) in [6, 6.07) is 14.4. The minimum absolute atomic E-state index is 0.0882. The van der Waals surface area contributed by atoms with Gasteiger partial charge in [-0.25, -0.2) is 9.78 Å². The number of hydrogen-bond donors (Lipinski definition) is 1. The van der Waals surface area contributed by atoms with E-state index in [1.165, 1.54) is 4.90 Å². The number of ether oxygens (including phenoxy) is 4. The average molecular weight is 595 g/mol. The van der Waals surface area contributed by atoms with Crippen LogP contribution in [0.15, 0.2) is 54.0 Å². The summed E-state index contributed by atoms with van der Waals surface area (Å²) in [5.41, 5.74) is 3.25. The van der Waals surface area contributed by atoms with Gasteiger partial charge in [0.1, 0.15) is 24.2 Å². The van der Waals surface area contributed by atoms with Crippen molar-refractivity contribution < 1.29 is 28.8 Å². The van der Waals surface area contributed by atoms with Crippen molar-refractivity contribution in [3.63, 3.8) is 0 Å². The fourth-order valence-corrected chi connectivity index (χ4v) is 6.57. The number of piperidine rings is 1. The lowest BCUT2D eigenvalue weighted by Crippen LogP contribution is -2.54. The molecule has 2 saturated heterocycles. The van der Waals surface area contributed by atoms with E-state index < -0.39 is 6.09 Å². The summed E-state index contributed by atoms with van der Waals surface area (Å²) in [5, 5.41) is 12.7. The van der Waals surface area contributed by atoms with Gasteiger partial charge in [-0.2, -0.15) is 0 Å². The van der Waals surface area contributed by atoms with Gasteiger partial charge >= 0.3 is 6.09 Å². The van der Waals surface area contributed by atoms with Gasteiger partial charge in [-0.15, -0.1) is 11.3 Å². The fourth-order valence-electron chi connectivity index (χ4n) is 5.91. The minimum atomic E-state index is -0.907. The first-order valence-electron chi connectivity index (χ1n) is 14.6. The van der Waals surface area contributed by atoms with E-state index in [1.54, 1.807) is 18.4 Å². The summed E-state index contributed by atoms with van der Waals surface area (Å²) >= 11 is 1.64. The zero-order valence-electron chi connectivity index (χ0n) is 23.9. The van der Waals surface area contributed by atoms with Crippen LogP contribution < -0.4 is 19.3 Å². The van der Waals surface area contributed by atoms with Gasteiger partial charge in [0.15, 0.2) is 5.13 Å². The van der Waals surface area contributed by atoms with Gasteiger partial charge in [-0.1, -0.05) is 18.2 Å². The highest BCUT2D eigenvalue weighted by molar-refractivity contribution is 7.13. The SMILES string of the molecule is COCCCN1CCOc2ccc(COC3CN(C(=O)O)CCC3c3ccc(OC4CN(c5nccs5)C4)cc3)cc21. The number of hydrogen-bond acceptors (Lipinski definition) is 9. The van der Waals surface area contributed by atoms with Crippen molar-refractivity contribution >= 4 is 28.2 Å². The molecule has 6 rings (SSSR count). The van der Waals surface area contributed by atoms with E-state index in [4.69, 9.17) is 18.9 Å². The van der Waals surface area contributed by atoms with Crippen LogP contribution in [0.5, 0.6) is 11.5 Å². The smallest absolute Gasteiger partial charge is 0.407 e. The van der Waals surface area contributed by atoms with Crippen LogP contribution in [0.1, 0.15) is 29.9 Å². The second-order valence-corrected chi connectivity index (χ2v) is 11.9. The Bertz CT molecular complexity index is 1320. The number of methoxy groups -OCH3 is 1. The number of fused-ring (bicyclic) bond motifs is 1. The van der Waals surface area contributed by atoms with Gasteiger partial charge < -0.3 is 38.8 Å². The largest absolute Gasteiger partial charge is 0.490 e. The molecule has 1 N–H and O–H groups in total. The predicted molar refractivity (Wildman–Crippen MR) is 161 cm³/mol. The highest BCUT2D eigenvalue weighted by atomic mass is 32.1. The number of rotatable bonds is 11. The van der Waals surface area contributed by atoms with E-state index >= 15 is 0 Å². The molecule has 2 unspecified atom stereocenters. The molecular weight excluding hydrogens is 556 g/mol. The van der Waals surface area contributed by atoms with Gasteiger partial charge in [-0.3, -0.25) is 0 Å². The predicted octanol–water partition coefficient (Wildman–Crippen LogP) is 4.70. The summed E-state index contributed by atoms with van der Waals surface area (Å²) < 4.78 is 23.8. The molecular formula is C31H38N4O6S. The Hall–Kier alpha value is -3.54. The van der Waals surface area contributed by atoms with E-state index in [0.717, 1.165) is 72.7 Å². The standard InChI is InChI=1S/C31H38N4O6S/c1-38-14-2-11-33-13-15-39-28-8-3-22(17-27(28)33)21-40-29-20-34(31(36)37)12-9-26(29)23-4-6-24(7-5-23)41-25-18-35(19-25)30-32-10-16-42-30/h3-8,10,16-17,25-26,29H,2,9,11-15,18-21H2,1H3,(H,36,37). The molecule has 0 radical (unpaired) electrons. The van der Waals surface area contributed by atoms with E-state index in [-0.39, 0.29) is 18.1 Å². The molecule has 224 valence electrons. The molecule has 3 aliphatic rings. The van der Waals surface area contributed by atoms with Gasteiger partial charge in [0, 0.05) is 44.3 Å². The number of thiazole rings is 1. The zero-order valence-corrected chi connectivity index (χ0v) is 24.7. The van der Waals surface area contributed by atoms with Crippen LogP contribution in [-0.4, -0.2) is 92.9 Å². The molecule has 0 bridgehead atoms. The van der Waals surface area contributed by atoms with Crippen LogP contribution in [0.3, 0.4) is 0 Å². The van der Waals surface area contributed by atoms with Crippen molar-refractivity contribution in [3.05, 3.63) is 65.2 Å². The highest BCUT2D eigenvalue weighted by Gasteiger charge is 2.34. The molecule has 0 saturated carbocycles. The van der Waals surface area contributed by atoms with Crippen LogP contribution >= 0.6 is 11.3 Å². The second kappa shape index (κ2) is 13.2. The number of amides is 1. The van der Waals surface area contributed by atoms with E-state index in [0.29, 0.717) is 32.7 Å². The fraction of sp³-hybridized carbons (Fsp3) is 0.484. The monoisotopic (exact) mass is 594 g/mol. The van der Waals surface area contributed by atoms with E-state index in [2.05, 4.69) is 33.0 Å². The third-order valence-electron chi connectivity index (χ3n) is 8.20. The number of aromatic nitrogens is 1. The molecule has 42 heavy (non-hydrogen) atoms. The maximum Gasteiger partial charge on any atom is 0.407 e. The molecule has 2 atom stereocenters. The van der Waals surface area contributed by atoms with Crippen molar-refractivity contribution in [2.24, 2.45) is 0 Å². The summed E-state index contributed by atoms with van der Waals surface area (Å²) in [7, 11) is 1.72. The topological polar surface area (TPSA) is 96.8 Å². The number of benzene rings is 2. The third-order valence-corrected chi connectivity index (χ3v) is 9.03. The summed E-state index contributed by atoms with van der Waals surface area (Å²) in [5.74, 6) is 1.81. The Morgan fingerprint density at radius 1 is 1.14 bits per heavy atom. The molecule has 11 heteroatoms. The van der Waals surface area contributed by atoms with Gasteiger partial charge in [-0.05, 0) is 48.2 Å².